The van der Waals surface area contributed by atoms with E-state index in [2.05, 4.69) is 36.4 Å². The van der Waals surface area contributed by atoms with E-state index in [1.165, 1.54) is 0 Å². The zero-order chi connectivity index (χ0) is 19.0. The van der Waals surface area contributed by atoms with Gasteiger partial charge in [0.25, 0.3) is 0 Å². The Bertz CT molecular complexity index is 1100. The van der Waals surface area contributed by atoms with Gasteiger partial charge in [0, 0.05) is 28.0 Å². The largest absolute Gasteiger partial charge is 0.340 e. The number of nitrogens with one attached hydrogen (secondary N) is 1. The Labute approximate surface area is 163 Å². The highest BCUT2D eigenvalue weighted by Crippen LogP contribution is 2.29. The number of benzene rings is 2. The summed E-state index contributed by atoms with van der Waals surface area (Å²) in [6.45, 7) is 6.28. The van der Waals surface area contributed by atoms with Gasteiger partial charge in [0.1, 0.15) is 5.82 Å². The quantitative estimate of drug-likeness (QED) is 0.459. The molecule has 0 aliphatic rings. The average Bonchev–Trinajstić information content (AvgIpc) is 3.09. The summed E-state index contributed by atoms with van der Waals surface area (Å²) in [7, 11) is 0. The van der Waals surface area contributed by atoms with Crippen LogP contribution in [0.15, 0.2) is 60.8 Å². The van der Waals surface area contributed by atoms with Crippen molar-refractivity contribution in [2.24, 2.45) is 0 Å². The number of halogens is 1. The van der Waals surface area contributed by atoms with E-state index in [0.29, 0.717) is 5.92 Å². The molecule has 0 bridgehead atoms. The van der Waals surface area contributed by atoms with Crippen LogP contribution < -0.4 is 5.32 Å². The first kappa shape index (κ1) is 17.6. The molecule has 4 rings (SSSR count). The zero-order valence-electron chi connectivity index (χ0n) is 15.6. The van der Waals surface area contributed by atoms with Gasteiger partial charge in [0.05, 0.1) is 6.20 Å². The third-order valence-electron chi connectivity index (χ3n) is 4.61. The fourth-order valence-electron chi connectivity index (χ4n) is 3.01. The Morgan fingerprint density at radius 1 is 1.04 bits per heavy atom. The lowest BCUT2D eigenvalue weighted by atomic mass is 10.1. The van der Waals surface area contributed by atoms with Crippen LogP contribution in [0, 0.1) is 6.92 Å². The summed E-state index contributed by atoms with van der Waals surface area (Å²) in [6.07, 6.45) is 1.87. The van der Waals surface area contributed by atoms with Gasteiger partial charge < -0.3 is 5.32 Å². The Morgan fingerprint density at radius 3 is 2.52 bits per heavy atom. The minimum atomic E-state index is 0.302. The Kier molecular flexibility index (Phi) is 4.58. The molecule has 4 aromatic rings. The SMILES string of the molecule is Cc1ccc(Nc2cc(C(C)C)nc3c(-c4ccccc4)cnn23)cc1Cl. The minimum absolute atomic E-state index is 0.302. The van der Waals surface area contributed by atoms with Gasteiger partial charge in [-0.2, -0.15) is 9.61 Å². The van der Waals surface area contributed by atoms with Crippen molar-refractivity contribution in [3.05, 3.63) is 77.1 Å². The second kappa shape index (κ2) is 7.05. The molecule has 0 aliphatic heterocycles. The molecule has 2 heterocycles. The van der Waals surface area contributed by atoms with Crippen LogP contribution in [0.2, 0.25) is 5.02 Å². The molecule has 4 nitrogen and oxygen atoms in total. The van der Waals surface area contributed by atoms with E-state index in [1.807, 2.05) is 60.1 Å². The highest BCUT2D eigenvalue weighted by atomic mass is 35.5. The topological polar surface area (TPSA) is 42.2 Å². The van der Waals surface area contributed by atoms with Crippen LogP contribution in [0.4, 0.5) is 11.5 Å². The van der Waals surface area contributed by atoms with Crippen molar-refractivity contribution < 1.29 is 0 Å². The lowest BCUT2D eigenvalue weighted by Gasteiger charge is -2.13. The molecule has 1 N–H and O–H groups in total. The van der Waals surface area contributed by atoms with Gasteiger partial charge in [0.2, 0.25) is 0 Å². The van der Waals surface area contributed by atoms with Crippen LogP contribution in [-0.4, -0.2) is 14.6 Å². The normalized spacial score (nSPS) is 11.3. The molecule has 0 saturated heterocycles. The number of fused-ring (bicyclic) bond motifs is 1. The summed E-state index contributed by atoms with van der Waals surface area (Å²) in [5.41, 5.74) is 5.95. The first-order valence-corrected chi connectivity index (χ1v) is 9.38. The Balaban J connectivity index is 1.86. The van der Waals surface area contributed by atoms with Gasteiger partial charge in [-0.3, -0.25) is 0 Å². The number of nitrogens with zero attached hydrogens (tertiary/aromatic N) is 3. The number of rotatable bonds is 4. The van der Waals surface area contributed by atoms with Crippen LogP contribution >= 0.6 is 11.6 Å². The molecule has 5 heteroatoms. The van der Waals surface area contributed by atoms with E-state index >= 15 is 0 Å². The monoisotopic (exact) mass is 376 g/mol. The molecule has 2 aromatic carbocycles. The van der Waals surface area contributed by atoms with Gasteiger partial charge in [-0.05, 0) is 36.1 Å². The highest BCUT2D eigenvalue weighted by molar-refractivity contribution is 6.31. The van der Waals surface area contributed by atoms with E-state index < -0.39 is 0 Å². The van der Waals surface area contributed by atoms with Crippen LogP contribution in [0.3, 0.4) is 0 Å². The zero-order valence-corrected chi connectivity index (χ0v) is 16.3. The van der Waals surface area contributed by atoms with Crippen LogP contribution in [0.1, 0.15) is 31.0 Å². The fraction of sp³-hybridized carbons (Fsp3) is 0.182. The van der Waals surface area contributed by atoms with E-state index in [-0.39, 0.29) is 0 Å². The smallest absolute Gasteiger partial charge is 0.165 e. The van der Waals surface area contributed by atoms with Crippen molar-refractivity contribution in [3.8, 4) is 11.1 Å². The van der Waals surface area contributed by atoms with Gasteiger partial charge >= 0.3 is 0 Å². The van der Waals surface area contributed by atoms with Gasteiger partial charge in [0.15, 0.2) is 5.65 Å². The first-order chi connectivity index (χ1) is 13.0. The Hall–Kier alpha value is -2.85. The van der Waals surface area contributed by atoms with E-state index in [1.54, 1.807) is 0 Å². The van der Waals surface area contributed by atoms with Crippen molar-refractivity contribution >= 4 is 28.8 Å². The van der Waals surface area contributed by atoms with Crippen molar-refractivity contribution in [2.75, 3.05) is 5.32 Å². The van der Waals surface area contributed by atoms with Gasteiger partial charge in [-0.25, -0.2) is 4.98 Å². The molecule has 27 heavy (non-hydrogen) atoms. The molecule has 136 valence electrons. The summed E-state index contributed by atoms with van der Waals surface area (Å²) < 4.78 is 1.85. The maximum atomic E-state index is 6.29. The number of hydrogen-bond acceptors (Lipinski definition) is 3. The molecule has 0 saturated carbocycles. The number of anilines is 2. The molecule has 0 atom stereocenters. The maximum absolute atomic E-state index is 6.29. The summed E-state index contributed by atoms with van der Waals surface area (Å²) in [6, 6.07) is 18.2. The predicted octanol–water partition coefficient (Wildman–Crippen LogP) is 6.23. The van der Waals surface area contributed by atoms with E-state index in [4.69, 9.17) is 16.6 Å². The molecule has 0 fully saturated rings. The molecular formula is C22H21ClN4. The fourth-order valence-corrected chi connectivity index (χ4v) is 3.19. The van der Waals surface area contributed by atoms with E-state index in [0.717, 1.165) is 44.6 Å². The van der Waals surface area contributed by atoms with Gasteiger partial charge in [-0.1, -0.05) is 61.8 Å². The second-order valence-electron chi connectivity index (χ2n) is 6.97. The van der Waals surface area contributed by atoms with Crippen molar-refractivity contribution in [3.63, 3.8) is 0 Å². The summed E-state index contributed by atoms with van der Waals surface area (Å²) >= 11 is 6.29. The Morgan fingerprint density at radius 2 is 1.81 bits per heavy atom. The number of hydrogen-bond donors (Lipinski definition) is 1. The highest BCUT2D eigenvalue weighted by Gasteiger charge is 2.15. The molecule has 0 spiro atoms. The summed E-state index contributed by atoms with van der Waals surface area (Å²) in [5, 5.41) is 8.78. The van der Waals surface area contributed by atoms with Crippen molar-refractivity contribution in [1.82, 2.24) is 14.6 Å². The summed E-state index contributed by atoms with van der Waals surface area (Å²) in [5.74, 6) is 1.17. The molecule has 0 amide bonds. The van der Waals surface area contributed by atoms with Crippen LogP contribution in [0.25, 0.3) is 16.8 Å². The third-order valence-corrected chi connectivity index (χ3v) is 5.02. The lowest BCUT2D eigenvalue weighted by molar-refractivity contribution is 0.811. The van der Waals surface area contributed by atoms with E-state index in [9.17, 15) is 0 Å². The third kappa shape index (κ3) is 3.40. The summed E-state index contributed by atoms with van der Waals surface area (Å²) in [4.78, 5) is 4.88. The molecular weight excluding hydrogens is 356 g/mol. The lowest BCUT2D eigenvalue weighted by Crippen LogP contribution is -2.05. The molecule has 2 aromatic heterocycles. The van der Waals surface area contributed by atoms with Crippen LogP contribution in [0.5, 0.6) is 0 Å². The van der Waals surface area contributed by atoms with Gasteiger partial charge in [-0.15, -0.1) is 0 Å². The first-order valence-electron chi connectivity index (χ1n) is 9.00. The van der Waals surface area contributed by atoms with Crippen molar-refractivity contribution in [2.45, 2.75) is 26.7 Å². The standard InChI is InChI=1S/C22H21ClN4/c1-14(2)20-12-21(25-17-10-9-15(3)19(23)11-17)27-22(26-20)18(13-24-27)16-7-5-4-6-8-16/h4-14,25H,1-3H3. The predicted molar refractivity (Wildman–Crippen MR) is 112 cm³/mol. The maximum Gasteiger partial charge on any atom is 0.165 e. The van der Waals surface area contributed by atoms with Crippen LogP contribution in [-0.2, 0) is 0 Å². The number of aryl methyl sites for hydroxylation is 1. The number of aromatic nitrogens is 3. The average molecular weight is 377 g/mol. The molecule has 0 radical (unpaired) electrons. The van der Waals surface area contributed by atoms with Crippen molar-refractivity contribution in [1.29, 1.82) is 0 Å². The molecule has 0 aliphatic carbocycles. The minimum Gasteiger partial charge on any atom is -0.340 e. The second-order valence-corrected chi connectivity index (χ2v) is 7.38. The molecule has 0 unspecified atom stereocenters.